The van der Waals surface area contributed by atoms with Crippen molar-refractivity contribution in [1.82, 2.24) is 4.98 Å². The highest BCUT2D eigenvalue weighted by Gasteiger charge is 2.19. The molecule has 1 aromatic carbocycles. The summed E-state index contributed by atoms with van der Waals surface area (Å²) in [5, 5.41) is 2.79. The molecule has 0 amide bonds. The first-order chi connectivity index (χ1) is 10.9. The van der Waals surface area contributed by atoms with E-state index in [-0.39, 0.29) is 38.6 Å². The van der Waals surface area contributed by atoms with Crippen molar-refractivity contribution in [2.45, 2.75) is 0 Å². The molecule has 122 valence electrons. The van der Waals surface area contributed by atoms with Crippen LogP contribution in [0.4, 0.5) is 20.6 Å². The van der Waals surface area contributed by atoms with E-state index in [0.717, 1.165) is 7.11 Å². The number of hydrogen-bond donors (Lipinski definition) is 2. The van der Waals surface area contributed by atoms with Gasteiger partial charge in [0, 0.05) is 12.6 Å². The Morgan fingerprint density at radius 2 is 2.09 bits per heavy atom. The number of pyridine rings is 1. The Labute approximate surface area is 141 Å². The number of carbonyl (C=O) groups is 1. The largest absolute Gasteiger partial charge is 0.514 e. The average molecular weight is 360 g/mol. The third-order valence-corrected chi connectivity index (χ3v) is 3.61. The predicted molar refractivity (Wildman–Crippen MR) is 86.6 cm³/mol. The van der Waals surface area contributed by atoms with Crippen LogP contribution in [0.1, 0.15) is 0 Å². The van der Waals surface area contributed by atoms with Gasteiger partial charge in [0.15, 0.2) is 5.82 Å². The second kappa shape index (κ2) is 6.89. The molecule has 0 saturated carbocycles. The van der Waals surface area contributed by atoms with E-state index in [0.29, 0.717) is 0 Å². The number of nitrogens with one attached hydrogen (secondary N) is 1. The van der Waals surface area contributed by atoms with Gasteiger partial charge in [0.1, 0.15) is 5.02 Å². The van der Waals surface area contributed by atoms with Gasteiger partial charge in [-0.2, -0.15) is 0 Å². The molecule has 0 saturated heterocycles. The van der Waals surface area contributed by atoms with Gasteiger partial charge in [-0.25, -0.2) is 14.2 Å². The van der Waals surface area contributed by atoms with Gasteiger partial charge >= 0.3 is 6.16 Å². The zero-order valence-electron chi connectivity index (χ0n) is 12.1. The summed E-state index contributed by atoms with van der Waals surface area (Å²) >= 11 is 11.8. The number of ether oxygens (including phenoxy) is 2. The summed E-state index contributed by atoms with van der Waals surface area (Å²) in [5.74, 6) is -0.910. The SMILES string of the molecule is CNc1c(Cl)ccc(-c2cc(N)c(Cl)c(OC(=O)OC)n2)c1F. The average Bonchev–Trinajstić information content (AvgIpc) is 2.52. The smallest absolute Gasteiger partial charge is 0.437 e. The Balaban J connectivity index is 2.59. The van der Waals surface area contributed by atoms with Crippen molar-refractivity contribution >= 4 is 40.7 Å². The van der Waals surface area contributed by atoms with E-state index < -0.39 is 12.0 Å². The number of nitrogens with two attached hydrogens (primary N) is 1. The van der Waals surface area contributed by atoms with Crippen LogP contribution >= 0.6 is 23.2 Å². The number of nitrogens with zero attached hydrogens (tertiary/aromatic N) is 1. The van der Waals surface area contributed by atoms with Gasteiger partial charge in [-0.1, -0.05) is 23.2 Å². The third-order valence-electron chi connectivity index (χ3n) is 2.92. The van der Waals surface area contributed by atoms with Crippen LogP contribution in [0.2, 0.25) is 10.0 Å². The number of halogens is 3. The zero-order valence-corrected chi connectivity index (χ0v) is 13.6. The summed E-state index contributed by atoms with van der Waals surface area (Å²) in [6.45, 7) is 0. The molecule has 2 rings (SSSR count). The highest BCUT2D eigenvalue weighted by Crippen LogP contribution is 2.37. The van der Waals surface area contributed by atoms with Crippen LogP contribution in [-0.2, 0) is 4.74 Å². The van der Waals surface area contributed by atoms with Gasteiger partial charge in [0.25, 0.3) is 0 Å². The van der Waals surface area contributed by atoms with Crippen molar-refractivity contribution in [3.63, 3.8) is 0 Å². The van der Waals surface area contributed by atoms with Crippen molar-refractivity contribution in [2.24, 2.45) is 0 Å². The van der Waals surface area contributed by atoms with Gasteiger partial charge in [0.05, 0.1) is 29.2 Å². The second-order valence-electron chi connectivity index (χ2n) is 4.31. The molecule has 0 aliphatic carbocycles. The minimum atomic E-state index is -1.02. The standard InChI is InChI=1S/C14H12Cl2FN3O3/c1-19-12-7(15)4-3-6(11(12)17)9-5-8(18)10(16)13(20-9)23-14(21)22-2/h3-5,19H,1-2H3,(H2,18,20). The minimum absolute atomic E-state index is 0.0657. The highest BCUT2D eigenvalue weighted by atomic mass is 35.5. The molecule has 1 heterocycles. The van der Waals surface area contributed by atoms with E-state index in [4.69, 9.17) is 33.7 Å². The summed E-state index contributed by atoms with van der Waals surface area (Å²) in [7, 11) is 2.66. The van der Waals surface area contributed by atoms with Crippen LogP contribution in [0.3, 0.4) is 0 Å². The fourth-order valence-corrected chi connectivity index (χ4v) is 2.21. The van der Waals surface area contributed by atoms with E-state index in [1.807, 2.05) is 0 Å². The van der Waals surface area contributed by atoms with Crippen LogP contribution in [0.15, 0.2) is 18.2 Å². The van der Waals surface area contributed by atoms with Crippen LogP contribution in [0.25, 0.3) is 11.3 Å². The number of nitrogen functional groups attached to an aromatic ring is 1. The maximum atomic E-state index is 14.5. The van der Waals surface area contributed by atoms with Crippen molar-refractivity contribution in [3.8, 4) is 17.1 Å². The fourth-order valence-electron chi connectivity index (χ4n) is 1.83. The van der Waals surface area contributed by atoms with Crippen LogP contribution in [0, 0.1) is 5.82 Å². The maximum Gasteiger partial charge on any atom is 0.514 e. The number of methoxy groups -OCH3 is 1. The molecule has 2 aromatic rings. The van der Waals surface area contributed by atoms with Crippen LogP contribution < -0.4 is 15.8 Å². The van der Waals surface area contributed by atoms with Crippen LogP contribution in [0.5, 0.6) is 5.88 Å². The maximum absolute atomic E-state index is 14.5. The Morgan fingerprint density at radius 1 is 1.39 bits per heavy atom. The lowest BCUT2D eigenvalue weighted by Crippen LogP contribution is -2.10. The van der Waals surface area contributed by atoms with Gasteiger partial charge in [-0.05, 0) is 18.2 Å². The number of benzene rings is 1. The van der Waals surface area contributed by atoms with Crippen molar-refractivity contribution < 1.29 is 18.7 Å². The molecule has 0 aliphatic heterocycles. The molecular formula is C14H12Cl2FN3O3. The molecule has 0 bridgehead atoms. The molecule has 0 spiro atoms. The highest BCUT2D eigenvalue weighted by molar-refractivity contribution is 6.34. The Morgan fingerprint density at radius 3 is 2.70 bits per heavy atom. The van der Waals surface area contributed by atoms with Crippen molar-refractivity contribution in [3.05, 3.63) is 34.1 Å². The first-order valence-corrected chi connectivity index (χ1v) is 7.02. The lowest BCUT2D eigenvalue weighted by molar-refractivity contribution is 0.120. The number of hydrogen-bond acceptors (Lipinski definition) is 6. The number of aromatic nitrogens is 1. The minimum Gasteiger partial charge on any atom is -0.437 e. The Hall–Kier alpha value is -2.25. The lowest BCUT2D eigenvalue weighted by Gasteiger charge is -2.12. The predicted octanol–water partition coefficient (Wildman–Crippen LogP) is 3.96. The Bertz CT molecular complexity index is 771. The normalized spacial score (nSPS) is 10.3. The summed E-state index contributed by atoms with van der Waals surface area (Å²) in [6.07, 6.45) is -1.02. The van der Waals surface area contributed by atoms with Crippen LogP contribution in [-0.4, -0.2) is 25.3 Å². The van der Waals surface area contributed by atoms with Gasteiger partial charge in [-0.15, -0.1) is 0 Å². The molecule has 0 fully saturated rings. The fraction of sp³-hybridized carbons (Fsp3) is 0.143. The first kappa shape index (κ1) is 17.1. The van der Waals surface area contributed by atoms with E-state index in [2.05, 4.69) is 15.0 Å². The molecule has 0 radical (unpaired) electrons. The molecule has 3 N–H and O–H groups in total. The molecule has 9 heteroatoms. The van der Waals surface area contributed by atoms with E-state index >= 15 is 0 Å². The lowest BCUT2D eigenvalue weighted by atomic mass is 10.1. The summed E-state index contributed by atoms with van der Waals surface area (Å²) in [5.41, 5.74) is 6.16. The summed E-state index contributed by atoms with van der Waals surface area (Å²) in [4.78, 5) is 15.2. The number of carbonyl (C=O) groups excluding carboxylic acids is 1. The van der Waals surface area contributed by atoms with Gasteiger partial charge in [-0.3, -0.25) is 0 Å². The topological polar surface area (TPSA) is 86.5 Å². The monoisotopic (exact) mass is 359 g/mol. The molecule has 0 atom stereocenters. The zero-order chi connectivity index (χ0) is 17.1. The molecule has 23 heavy (non-hydrogen) atoms. The number of rotatable bonds is 3. The second-order valence-corrected chi connectivity index (χ2v) is 5.09. The van der Waals surface area contributed by atoms with Crippen molar-refractivity contribution in [1.29, 1.82) is 0 Å². The molecule has 1 aromatic heterocycles. The molecule has 0 aliphatic rings. The Kier molecular flexibility index (Phi) is 5.12. The van der Waals surface area contributed by atoms with E-state index in [1.165, 1.54) is 25.2 Å². The van der Waals surface area contributed by atoms with Gasteiger partial charge < -0.3 is 20.5 Å². The quantitative estimate of drug-likeness (QED) is 0.806. The first-order valence-electron chi connectivity index (χ1n) is 6.27. The number of anilines is 2. The third kappa shape index (κ3) is 3.40. The molecular weight excluding hydrogens is 348 g/mol. The van der Waals surface area contributed by atoms with Gasteiger partial charge in [0.2, 0.25) is 5.88 Å². The molecule has 0 unspecified atom stereocenters. The summed E-state index contributed by atoms with van der Waals surface area (Å²) in [6, 6.07) is 4.29. The summed E-state index contributed by atoms with van der Waals surface area (Å²) < 4.78 is 23.7. The van der Waals surface area contributed by atoms with E-state index in [1.54, 1.807) is 0 Å². The molecule has 6 nitrogen and oxygen atoms in total. The van der Waals surface area contributed by atoms with Crippen molar-refractivity contribution in [2.75, 3.05) is 25.2 Å². The van der Waals surface area contributed by atoms with E-state index in [9.17, 15) is 9.18 Å².